The SMILES string of the molecule is COc1c(C)cc(C)c(OC)c1C(=O)CC[PH-].[Li+]. The van der Waals surface area contributed by atoms with Gasteiger partial charge in [0.25, 0.3) is 0 Å². The van der Waals surface area contributed by atoms with Crippen molar-refractivity contribution >= 4 is 15.0 Å². The van der Waals surface area contributed by atoms with E-state index in [1.165, 1.54) is 0 Å². The Bertz CT molecular complexity index is 404. The Kier molecular flexibility index (Phi) is 7.63. The van der Waals surface area contributed by atoms with E-state index in [9.17, 15) is 4.79 Å². The third-order valence-electron chi connectivity index (χ3n) is 2.64. The Balaban J connectivity index is 0.00000289. The van der Waals surface area contributed by atoms with Crippen LogP contribution in [-0.4, -0.2) is 26.2 Å². The Morgan fingerprint density at radius 2 is 1.61 bits per heavy atom. The van der Waals surface area contributed by atoms with E-state index < -0.39 is 0 Å². The van der Waals surface area contributed by atoms with E-state index in [-0.39, 0.29) is 24.6 Å². The predicted molar refractivity (Wildman–Crippen MR) is 71.1 cm³/mol. The molecule has 1 aromatic carbocycles. The molecular weight excluding hydrogens is 242 g/mol. The monoisotopic (exact) mass is 260 g/mol. The summed E-state index contributed by atoms with van der Waals surface area (Å²) in [5.74, 6) is 1.25. The van der Waals surface area contributed by atoms with E-state index in [1.54, 1.807) is 14.2 Å². The number of carbonyl (C=O) groups is 1. The molecule has 1 rings (SSSR count). The summed E-state index contributed by atoms with van der Waals surface area (Å²) in [4.78, 5) is 12.1. The second-order valence-electron chi connectivity index (χ2n) is 3.88. The van der Waals surface area contributed by atoms with Crippen LogP contribution in [0.1, 0.15) is 27.9 Å². The van der Waals surface area contributed by atoms with Crippen LogP contribution in [0.15, 0.2) is 6.07 Å². The van der Waals surface area contributed by atoms with Crippen molar-refractivity contribution in [1.29, 1.82) is 0 Å². The number of ether oxygens (including phenoxy) is 2. The van der Waals surface area contributed by atoms with Crippen LogP contribution in [0.5, 0.6) is 11.5 Å². The maximum absolute atomic E-state index is 12.1. The molecule has 0 aromatic heterocycles. The van der Waals surface area contributed by atoms with Crippen LogP contribution in [0.4, 0.5) is 0 Å². The number of hydrogen-bond donors (Lipinski definition) is 0. The topological polar surface area (TPSA) is 35.5 Å². The fraction of sp³-hybridized carbons (Fsp3) is 0.462. The fourth-order valence-electron chi connectivity index (χ4n) is 1.97. The predicted octanol–water partition coefficient (Wildman–Crippen LogP) is 0.0402. The van der Waals surface area contributed by atoms with Crippen LogP contribution in [0.2, 0.25) is 0 Å². The van der Waals surface area contributed by atoms with Crippen LogP contribution in [0, 0.1) is 13.8 Å². The Labute approximate surface area is 123 Å². The third-order valence-corrected chi connectivity index (χ3v) is 2.89. The number of methoxy groups -OCH3 is 2. The van der Waals surface area contributed by atoms with Gasteiger partial charge in [-0.15, -0.1) is 0 Å². The first kappa shape index (κ1) is 17.5. The summed E-state index contributed by atoms with van der Waals surface area (Å²) < 4.78 is 10.6. The average molecular weight is 260 g/mol. The van der Waals surface area contributed by atoms with Gasteiger partial charge in [-0.05, 0) is 37.5 Å². The number of Topliss-reactive ketones (excluding diaryl/α,β-unsaturated/α-hetero) is 1. The summed E-state index contributed by atoms with van der Waals surface area (Å²) in [6, 6.07) is 1.96. The molecule has 0 fully saturated rings. The molecule has 0 spiro atoms. The number of benzene rings is 1. The van der Waals surface area contributed by atoms with Gasteiger partial charge in [-0.1, -0.05) is 0 Å². The summed E-state index contributed by atoms with van der Waals surface area (Å²) in [5, 5.41) is 0. The van der Waals surface area contributed by atoms with E-state index in [2.05, 4.69) is 9.24 Å². The maximum Gasteiger partial charge on any atom is 1.00 e. The van der Waals surface area contributed by atoms with Gasteiger partial charge >= 0.3 is 18.9 Å². The quantitative estimate of drug-likeness (QED) is 0.426. The molecule has 0 radical (unpaired) electrons. The largest absolute Gasteiger partial charge is 1.00 e. The summed E-state index contributed by atoms with van der Waals surface area (Å²) in [5.41, 5.74) is 2.44. The Hall–Kier alpha value is -0.483. The molecule has 0 saturated carbocycles. The summed E-state index contributed by atoms with van der Waals surface area (Å²) in [6.45, 7) is 3.85. The van der Waals surface area contributed by atoms with Crippen molar-refractivity contribution in [3.05, 3.63) is 22.8 Å². The van der Waals surface area contributed by atoms with E-state index >= 15 is 0 Å². The minimum atomic E-state index is 0. The average Bonchev–Trinajstić information content (AvgIpc) is 2.28. The van der Waals surface area contributed by atoms with Crippen molar-refractivity contribution in [2.75, 3.05) is 20.4 Å². The molecule has 0 amide bonds. The molecule has 0 aliphatic heterocycles. The van der Waals surface area contributed by atoms with Gasteiger partial charge in [0.15, 0.2) is 5.78 Å². The normalized spacial score (nSPS) is 9.61. The Morgan fingerprint density at radius 3 is 1.94 bits per heavy atom. The third kappa shape index (κ3) is 3.51. The number of carbonyl (C=O) groups excluding carboxylic acids is 1. The summed E-state index contributed by atoms with van der Waals surface area (Å²) in [7, 11) is 6.46. The van der Waals surface area contributed by atoms with Crippen LogP contribution in [-0.2, 0) is 0 Å². The summed E-state index contributed by atoms with van der Waals surface area (Å²) >= 11 is 0. The van der Waals surface area contributed by atoms with Gasteiger partial charge in [0.05, 0.1) is 14.2 Å². The van der Waals surface area contributed by atoms with Crippen LogP contribution >= 0.6 is 9.24 Å². The minimum Gasteiger partial charge on any atom is -0.558 e. The molecule has 0 aliphatic carbocycles. The molecule has 1 aromatic rings. The van der Waals surface area contributed by atoms with Gasteiger partial charge in [-0.2, -0.15) is 6.16 Å². The first-order valence-electron chi connectivity index (χ1n) is 5.46. The van der Waals surface area contributed by atoms with Crippen LogP contribution in [0.25, 0.3) is 0 Å². The molecule has 5 heteroatoms. The van der Waals surface area contributed by atoms with Gasteiger partial charge in [-0.3, -0.25) is 4.79 Å². The van der Waals surface area contributed by atoms with Gasteiger partial charge in [0.1, 0.15) is 17.1 Å². The van der Waals surface area contributed by atoms with Crippen molar-refractivity contribution in [2.45, 2.75) is 20.3 Å². The first-order valence-corrected chi connectivity index (χ1v) is 6.17. The smallest absolute Gasteiger partial charge is 0.558 e. The van der Waals surface area contributed by atoms with Gasteiger partial charge in [0.2, 0.25) is 0 Å². The van der Waals surface area contributed by atoms with Crippen LogP contribution in [0.3, 0.4) is 0 Å². The van der Waals surface area contributed by atoms with Gasteiger partial charge in [0, 0.05) is 0 Å². The zero-order chi connectivity index (χ0) is 13.0. The van der Waals surface area contributed by atoms with E-state index in [4.69, 9.17) is 9.47 Å². The molecule has 0 heterocycles. The maximum atomic E-state index is 12.1. The number of ketones is 1. The van der Waals surface area contributed by atoms with Crippen molar-refractivity contribution in [3.8, 4) is 11.5 Å². The second kappa shape index (κ2) is 7.84. The molecule has 0 bridgehead atoms. The van der Waals surface area contributed by atoms with Crippen molar-refractivity contribution in [2.24, 2.45) is 0 Å². The van der Waals surface area contributed by atoms with Gasteiger partial charge < -0.3 is 18.7 Å². The number of rotatable bonds is 5. The van der Waals surface area contributed by atoms with Crippen molar-refractivity contribution in [3.63, 3.8) is 0 Å². The second-order valence-corrected chi connectivity index (χ2v) is 4.38. The summed E-state index contributed by atoms with van der Waals surface area (Å²) in [6.07, 6.45) is 1.05. The van der Waals surface area contributed by atoms with Crippen LogP contribution < -0.4 is 28.3 Å². The minimum absolute atomic E-state index is 0. The molecule has 0 atom stereocenters. The van der Waals surface area contributed by atoms with Crippen molar-refractivity contribution in [1.82, 2.24) is 0 Å². The first-order chi connectivity index (χ1) is 8.06. The zero-order valence-corrected chi connectivity index (χ0v) is 12.7. The van der Waals surface area contributed by atoms with Crippen molar-refractivity contribution < 1.29 is 33.1 Å². The standard InChI is InChI=1S/C13H18O3P.Li/c1-8-7-9(2)13(16-4)11(12(8)15-3)10(14)5-6-17;/h7,17H,5-6H2,1-4H3;/q-1;+1. The van der Waals surface area contributed by atoms with E-state index in [0.29, 0.717) is 29.6 Å². The molecule has 0 aliphatic rings. The number of hydrogen-bond acceptors (Lipinski definition) is 3. The van der Waals surface area contributed by atoms with E-state index in [1.807, 2.05) is 19.9 Å². The zero-order valence-electron chi connectivity index (χ0n) is 11.7. The molecule has 18 heavy (non-hydrogen) atoms. The molecule has 0 unspecified atom stereocenters. The Morgan fingerprint density at radius 1 is 1.17 bits per heavy atom. The number of aryl methyl sites for hydroxylation is 2. The molecular formula is C13H18LiO3P. The van der Waals surface area contributed by atoms with Gasteiger partial charge in [-0.25, -0.2) is 0 Å². The molecule has 3 nitrogen and oxygen atoms in total. The molecule has 0 saturated heterocycles. The molecule has 94 valence electrons. The fourth-order valence-corrected chi connectivity index (χ4v) is 2.20. The van der Waals surface area contributed by atoms with E-state index in [0.717, 1.165) is 11.1 Å². The molecule has 0 N–H and O–H groups in total.